The third-order valence-corrected chi connectivity index (χ3v) is 8.57. The van der Waals surface area contributed by atoms with E-state index in [-0.39, 0.29) is 16.0 Å². The molecular weight excluding hydrogens is 386 g/mol. The highest BCUT2D eigenvalue weighted by atomic mass is 32.2. The average Bonchev–Trinajstić information content (AvgIpc) is 2.67. The summed E-state index contributed by atoms with van der Waals surface area (Å²) < 4.78 is 32.9. The number of rotatable bonds is 3. The summed E-state index contributed by atoms with van der Waals surface area (Å²) in [6, 6.07) is 5.20. The molecule has 1 aliphatic heterocycles. The lowest BCUT2D eigenvalue weighted by Crippen LogP contribution is -2.65. The lowest BCUT2D eigenvalue weighted by atomic mass is 9.62. The Labute approximate surface area is 175 Å². The maximum Gasteiger partial charge on any atom is 0.294 e. The molecule has 0 aromatic heterocycles. The van der Waals surface area contributed by atoms with E-state index in [4.69, 9.17) is 0 Å². The molecule has 0 radical (unpaired) electrons. The number of hydrogen-bond donors (Lipinski definition) is 2. The maximum atomic E-state index is 11.7. The van der Waals surface area contributed by atoms with Gasteiger partial charge in [0.25, 0.3) is 10.1 Å². The molecule has 3 aliphatic rings. The average molecular weight is 422 g/mol. The van der Waals surface area contributed by atoms with E-state index in [1.54, 1.807) is 6.07 Å². The van der Waals surface area contributed by atoms with Gasteiger partial charge < -0.3 is 5.21 Å². The summed E-state index contributed by atoms with van der Waals surface area (Å²) in [5, 5.41) is 13.3. The monoisotopic (exact) mass is 421 g/mol. The van der Waals surface area contributed by atoms with Crippen molar-refractivity contribution < 1.29 is 18.2 Å². The van der Waals surface area contributed by atoms with Crippen LogP contribution in [-0.2, 0) is 16.5 Å². The normalized spacial score (nSPS) is 27.3. The number of hydroxylamine groups is 2. The Hall–Kier alpha value is -0.950. The smallest absolute Gasteiger partial charge is 0.294 e. The third-order valence-electron chi connectivity index (χ3n) is 7.74. The number of piperidine rings is 1. The first-order chi connectivity index (χ1) is 13.7. The maximum absolute atomic E-state index is 11.7. The van der Waals surface area contributed by atoms with Crippen LogP contribution in [0.25, 0.3) is 0 Å². The molecule has 2 aliphatic carbocycles. The molecule has 6 heteroatoms. The van der Waals surface area contributed by atoms with Crippen LogP contribution in [0, 0.1) is 12.8 Å². The van der Waals surface area contributed by atoms with Gasteiger partial charge in [0.05, 0.1) is 4.90 Å². The molecule has 0 bridgehead atoms. The van der Waals surface area contributed by atoms with Crippen molar-refractivity contribution in [1.82, 2.24) is 5.06 Å². The van der Waals surface area contributed by atoms with E-state index in [9.17, 15) is 18.2 Å². The number of hydrogen-bond acceptors (Lipinski definition) is 4. The fraction of sp³-hybridized carbons (Fsp3) is 0.739. The summed E-state index contributed by atoms with van der Waals surface area (Å²) in [4.78, 5) is -0.00754. The molecule has 1 saturated heterocycles. The van der Waals surface area contributed by atoms with Gasteiger partial charge in [-0.25, -0.2) is 0 Å². The van der Waals surface area contributed by atoms with E-state index in [0.717, 1.165) is 56.1 Å². The van der Waals surface area contributed by atoms with Crippen LogP contribution in [0.4, 0.5) is 0 Å². The zero-order valence-corrected chi connectivity index (χ0v) is 18.4. The van der Waals surface area contributed by atoms with Crippen LogP contribution < -0.4 is 0 Å². The van der Waals surface area contributed by atoms with Crippen LogP contribution in [0.1, 0.15) is 88.2 Å². The quantitative estimate of drug-likeness (QED) is 0.648. The predicted molar refractivity (Wildman–Crippen MR) is 113 cm³/mol. The van der Waals surface area contributed by atoms with Gasteiger partial charge in [-0.2, -0.15) is 13.5 Å². The minimum Gasteiger partial charge on any atom is -0.313 e. The van der Waals surface area contributed by atoms with Crippen LogP contribution in [0.15, 0.2) is 23.1 Å². The Morgan fingerprint density at radius 1 is 0.931 bits per heavy atom. The molecule has 2 N–H and O–H groups in total. The lowest BCUT2D eigenvalue weighted by molar-refractivity contribution is -0.286. The minimum atomic E-state index is -4.20. The largest absolute Gasteiger partial charge is 0.313 e. The van der Waals surface area contributed by atoms with Crippen molar-refractivity contribution in [3.8, 4) is 0 Å². The van der Waals surface area contributed by atoms with Gasteiger partial charge in [-0.05, 0) is 81.0 Å². The van der Waals surface area contributed by atoms with Crippen molar-refractivity contribution in [2.75, 3.05) is 0 Å². The Balaban J connectivity index is 1.64. The first kappa shape index (κ1) is 21.3. The van der Waals surface area contributed by atoms with E-state index in [1.165, 1.54) is 44.6 Å². The topological polar surface area (TPSA) is 77.8 Å². The second-order valence-corrected chi connectivity index (χ2v) is 11.4. The van der Waals surface area contributed by atoms with Crippen LogP contribution in [0.5, 0.6) is 0 Å². The molecule has 4 rings (SSSR count). The Morgan fingerprint density at radius 3 is 1.93 bits per heavy atom. The summed E-state index contributed by atoms with van der Waals surface area (Å²) in [5.74, 6) is 0.422. The van der Waals surface area contributed by atoms with Crippen LogP contribution >= 0.6 is 0 Å². The van der Waals surface area contributed by atoms with Crippen LogP contribution in [0.2, 0.25) is 0 Å². The fourth-order valence-corrected chi connectivity index (χ4v) is 7.28. The van der Waals surface area contributed by atoms with Gasteiger partial charge in [-0.15, -0.1) is 0 Å². The molecule has 1 aromatic rings. The van der Waals surface area contributed by atoms with Gasteiger partial charge in [0.2, 0.25) is 0 Å². The van der Waals surface area contributed by atoms with Crippen molar-refractivity contribution in [1.29, 1.82) is 0 Å². The molecule has 1 heterocycles. The van der Waals surface area contributed by atoms with Crippen molar-refractivity contribution >= 4 is 10.1 Å². The number of aryl methyl sites for hydroxylation is 1. The first-order valence-electron chi connectivity index (χ1n) is 11.3. The highest BCUT2D eigenvalue weighted by Crippen LogP contribution is 2.52. The first-order valence-corrected chi connectivity index (χ1v) is 12.7. The van der Waals surface area contributed by atoms with Crippen molar-refractivity contribution in [3.05, 3.63) is 29.3 Å². The van der Waals surface area contributed by atoms with E-state index < -0.39 is 10.1 Å². The molecule has 2 saturated carbocycles. The third kappa shape index (κ3) is 4.27. The molecular formula is C23H35NO4S. The molecule has 162 valence electrons. The summed E-state index contributed by atoms with van der Waals surface area (Å²) in [6.45, 7) is 1.87. The Bertz CT molecular complexity index is 810. The zero-order chi connectivity index (χ0) is 20.7. The highest BCUT2D eigenvalue weighted by molar-refractivity contribution is 7.85. The number of nitrogens with zero attached hydrogens (tertiary/aromatic N) is 1. The van der Waals surface area contributed by atoms with Crippen molar-refractivity contribution in [2.24, 2.45) is 5.92 Å². The Kier molecular flexibility index (Phi) is 5.84. The summed E-state index contributed by atoms with van der Waals surface area (Å²) >= 11 is 0. The van der Waals surface area contributed by atoms with E-state index in [2.05, 4.69) is 0 Å². The molecule has 2 spiro atoms. The van der Waals surface area contributed by atoms with E-state index >= 15 is 0 Å². The van der Waals surface area contributed by atoms with Gasteiger partial charge >= 0.3 is 0 Å². The zero-order valence-electron chi connectivity index (χ0n) is 17.6. The predicted octanol–water partition coefficient (Wildman–Crippen LogP) is 5.29. The second-order valence-electron chi connectivity index (χ2n) is 9.99. The molecule has 0 unspecified atom stereocenters. The lowest BCUT2D eigenvalue weighted by Gasteiger charge is -2.59. The van der Waals surface area contributed by atoms with Gasteiger partial charge in [-0.3, -0.25) is 4.55 Å². The fourth-order valence-electron chi connectivity index (χ4n) is 6.64. The van der Waals surface area contributed by atoms with Crippen molar-refractivity contribution in [2.45, 2.75) is 106 Å². The molecule has 0 amide bonds. The minimum absolute atomic E-state index is 0.00754. The van der Waals surface area contributed by atoms with Gasteiger partial charge in [0.15, 0.2) is 0 Å². The molecule has 5 nitrogen and oxygen atoms in total. The van der Waals surface area contributed by atoms with Crippen LogP contribution in [-0.4, -0.2) is 34.3 Å². The molecule has 1 aromatic carbocycles. The summed E-state index contributed by atoms with van der Waals surface area (Å²) in [5.41, 5.74) is 1.60. The SMILES string of the molecule is Cc1cc(CC2CC3(CCCCC3)N(O)C3(CCCCC3)C2)cc(S(=O)(=O)O)c1. The highest BCUT2D eigenvalue weighted by Gasteiger charge is 2.54. The number of benzene rings is 1. The van der Waals surface area contributed by atoms with Gasteiger partial charge in [-0.1, -0.05) is 44.6 Å². The van der Waals surface area contributed by atoms with Gasteiger partial charge in [0.1, 0.15) is 0 Å². The molecule has 29 heavy (non-hydrogen) atoms. The summed E-state index contributed by atoms with van der Waals surface area (Å²) in [6.07, 6.45) is 14.2. The van der Waals surface area contributed by atoms with E-state index in [1.807, 2.05) is 18.1 Å². The molecule has 0 atom stereocenters. The van der Waals surface area contributed by atoms with Crippen molar-refractivity contribution in [3.63, 3.8) is 0 Å². The Morgan fingerprint density at radius 2 is 1.45 bits per heavy atom. The van der Waals surface area contributed by atoms with Crippen LogP contribution in [0.3, 0.4) is 0 Å². The second kappa shape index (κ2) is 7.95. The molecule has 3 fully saturated rings. The van der Waals surface area contributed by atoms with Gasteiger partial charge in [0, 0.05) is 11.1 Å². The summed E-state index contributed by atoms with van der Waals surface area (Å²) in [7, 11) is -4.20. The van der Waals surface area contributed by atoms with E-state index in [0.29, 0.717) is 5.92 Å². The standard InChI is InChI=1S/C23H35NO4S/c1-18-12-19(15-21(13-18)29(26,27)28)14-20-16-22(8-4-2-5-9-22)24(25)23(17-20)10-6-3-7-11-23/h12-13,15,20,25H,2-11,14,16-17H2,1H3,(H,26,27,28).